The normalized spacial score (nSPS) is 14.7. The van der Waals surface area contributed by atoms with Crippen molar-refractivity contribution in [3.63, 3.8) is 0 Å². The highest BCUT2D eigenvalue weighted by Crippen LogP contribution is 2.29. The first-order valence-corrected chi connectivity index (χ1v) is 17.6. The Balaban J connectivity index is 1.75. The first-order valence-electron chi connectivity index (χ1n) is 16.2. The molecule has 3 aromatic carbocycles. The number of aliphatic hydroxyl groups is 3. The average Bonchev–Trinajstić information content (AvgIpc) is 3.07. The summed E-state index contributed by atoms with van der Waals surface area (Å²) in [6.07, 6.45) is 0.724. The van der Waals surface area contributed by atoms with Gasteiger partial charge in [-0.25, -0.2) is 8.42 Å². The molecule has 0 heterocycles. The maximum atomic E-state index is 13.9. The summed E-state index contributed by atoms with van der Waals surface area (Å²) >= 11 is 0. The van der Waals surface area contributed by atoms with E-state index < -0.39 is 34.4 Å². The van der Waals surface area contributed by atoms with Crippen LogP contribution in [0.25, 0.3) is 0 Å². The molecule has 3 aromatic rings. The molecule has 0 saturated heterocycles. The summed E-state index contributed by atoms with van der Waals surface area (Å²) in [5.74, 6) is -0.496. The lowest BCUT2D eigenvalue weighted by Crippen LogP contribution is -2.53. The van der Waals surface area contributed by atoms with Gasteiger partial charge in [-0.2, -0.15) is 4.31 Å². The van der Waals surface area contributed by atoms with Crippen molar-refractivity contribution in [1.82, 2.24) is 14.9 Å². The molecule has 10 nitrogen and oxygen atoms in total. The van der Waals surface area contributed by atoms with Crippen molar-refractivity contribution in [3.8, 4) is 0 Å². The molecule has 0 aliphatic carbocycles. The maximum absolute atomic E-state index is 13.9. The lowest BCUT2D eigenvalue weighted by atomic mass is 9.84. The molecule has 0 fully saturated rings. The van der Waals surface area contributed by atoms with Crippen molar-refractivity contribution in [2.45, 2.75) is 88.4 Å². The number of nitrogens with zero attached hydrogens (tertiary/aromatic N) is 1. The predicted octanol–water partition coefficient (Wildman–Crippen LogP) is 3.96. The molecule has 0 aliphatic heterocycles. The molecule has 0 aliphatic rings. The van der Waals surface area contributed by atoms with E-state index in [0.29, 0.717) is 31.2 Å². The first-order chi connectivity index (χ1) is 22.5. The standard InChI is InChI=1S/C36H51N3O7S/c1-26(2)22-23-39(47(44,45)32-20-18-28(24-40)19-21-32)31(25-41)17-11-12-27(3)37-35(42)34(38-36(43)46-4)33(29-13-7-5-8-14-29)30-15-9-6-10-16-30/h5-10,13-16,18-21,26-27,31,33-34,36,38,40-41,43H,11-12,17,22-25H2,1-4H3,(H,37,42)/t27-,31+,34+,36?/m1/s1. The summed E-state index contributed by atoms with van der Waals surface area (Å²) in [4.78, 5) is 14.0. The molecule has 11 heteroatoms. The number of benzene rings is 3. The van der Waals surface area contributed by atoms with Crippen LogP contribution in [-0.2, 0) is 26.2 Å². The van der Waals surface area contributed by atoms with Crippen LogP contribution >= 0.6 is 0 Å². The van der Waals surface area contributed by atoms with Crippen molar-refractivity contribution in [3.05, 3.63) is 102 Å². The lowest BCUT2D eigenvalue weighted by molar-refractivity contribution is -0.134. The minimum Gasteiger partial charge on any atom is -0.395 e. The molecule has 5 N–H and O–H groups in total. The summed E-state index contributed by atoms with van der Waals surface area (Å²) < 4.78 is 33.9. The molecular formula is C36H51N3O7S. The van der Waals surface area contributed by atoms with Gasteiger partial charge < -0.3 is 25.4 Å². The van der Waals surface area contributed by atoms with Crippen molar-refractivity contribution >= 4 is 15.9 Å². The molecule has 1 amide bonds. The number of methoxy groups -OCH3 is 1. The Morgan fingerprint density at radius 2 is 1.43 bits per heavy atom. The van der Waals surface area contributed by atoms with Crippen LogP contribution in [0.1, 0.15) is 69.1 Å². The van der Waals surface area contributed by atoms with Crippen LogP contribution in [0.15, 0.2) is 89.8 Å². The number of carbonyl (C=O) groups excluding carboxylic acids is 1. The van der Waals surface area contributed by atoms with E-state index in [1.807, 2.05) is 81.4 Å². The van der Waals surface area contributed by atoms with Gasteiger partial charge in [0, 0.05) is 31.7 Å². The van der Waals surface area contributed by atoms with Crippen LogP contribution in [0.2, 0.25) is 0 Å². The highest BCUT2D eigenvalue weighted by Gasteiger charge is 2.34. The zero-order valence-electron chi connectivity index (χ0n) is 27.8. The number of ether oxygens (including phenoxy) is 1. The van der Waals surface area contributed by atoms with E-state index in [0.717, 1.165) is 11.1 Å². The van der Waals surface area contributed by atoms with E-state index >= 15 is 0 Å². The second-order valence-corrected chi connectivity index (χ2v) is 14.2. The minimum absolute atomic E-state index is 0.112. The van der Waals surface area contributed by atoms with Crippen molar-refractivity contribution in [1.29, 1.82) is 0 Å². The lowest BCUT2D eigenvalue weighted by Gasteiger charge is -2.32. The number of rotatable bonds is 20. The largest absolute Gasteiger partial charge is 0.395 e. The molecular weight excluding hydrogens is 618 g/mol. The Labute approximate surface area is 279 Å². The van der Waals surface area contributed by atoms with Gasteiger partial charge >= 0.3 is 0 Å². The predicted molar refractivity (Wildman–Crippen MR) is 183 cm³/mol. The molecule has 0 saturated carbocycles. The van der Waals surface area contributed by atoms with Crippen LogP contribution in [0.5, 0.6) is 0 Å². The molecule has 47 heavy (non-hydrogen) atoms. The fraction of sp³-hybridized carbons (Fsp3) is 0.472. The van der Waals surface area contributed by atoms with E-state index in [1.165, 1.54) is 23.5 Å². The Bertz CT molecular complexity index is 1400. The van der Waals surface area contributed by atoms with Crippen LogP contribution in [-0.4, -0.2) is 78.8 Å². The second kappa shape index (κ2) is 19.0. The smallest absolute Gasteiger partial charge is 0.243 e. The van der Waals surface area contributed by atoms with Gasteiger partial charge in [-0.3, -0.25) is 10.1 Å². The average molecular weight is 670 g/mol. The third-order valence-corrected chi connectivity index (χ3v) is 10.3. The van der Waals surface area contributed by atoms with E-state index in [2.05, 4.69) is 10.6 Å². The Kier molecular flexibility index (Phi) is 15.5. The van der Waals surface area contributed by atoms with Gasteiger partial charge in [0.15, 0.2) is 0 Å². The van der Waals surface area contributed by atoms with Crippen LogP contribution in [0, 0.1) is 5.92 Å². The molecule has 0 radical (unpaired) electrons. The van der Waals surface area contributed by atoms with Crippen LogP contribution in [0.4, 0.5) is 0 Å². The van der Waals surface area contributed by atoms with Crippen LogP contribution < -0.4 is 10.6 Å². The van der Waals surface area contributed by atoms with Crippen molar-refractivity contribution in [2.24, 2.45) is 5.92 Å². The molecule has 258 valence electrons. The first kappa shape index (κ1) is 38.3. The highest BCUT2D eigenvalue weighted by molar-refractivity contribution is 7.89. The number of hydrogen-bond donors (Lipinski definition) is 5. The molecule has 0 bridgehead atoms. The van der Waals surface area contributed by atoms with E-state index in [1.54, 1.807) is 12.1 Å². The van der Waals surface area contributed by atoms with E-state index in [4.69, 9.17) is 4.74 Å². The quantitative estimate of drug-likeness (QED) is 0.114. The number of carbonyl (C=O) groups is 1. The van der Waals surface area contributed by atoms with Gasteiger partial charge in [-0.15, -0.1) is 0 Å². The fourth-order valence-corrected chi connectivity index (χ4v) is 7.28. The van der Waals surface area contributed by atoms with E-state index in [9.17, 15) is 28.5 Å². The van der Waals surface area contributed by atoms with Gasteiger partial charge in [-0.05, 0) is 67.3 Å². The molecule has 1 unspecified atom stereocenters. The monoisotopic (exact) mass is 669 g/mol. The third kappa shape index (κ3) is 11.2. The SMILES string of the molecule is COC(O)N[C@H](C(=O)N[C@H](C)CCC[C@@H](CO)N(CCC(C)C)S(=O)(=O)c1ccc(CO)cc1)C(c1ccccc1)c1ccccc1. The Morgan fingerprint density at radius 3 is 1.91 bits per heavy atom. The maximum Gasteiger partial charge on any atom is 0.243 e. The highest BCUT2D eigenvalue weighted by atomic mass is 32.2. The van der Waals surface area contributed by atoms with Crippen molar-refractivity contribution in [2.75, 3.05) is 20.3 Å². The number of amides is 1. The molecule has 3 rings (SSSR count). The number of nitrogens with one attached hydrogen (secondary N) is 2. The topological polar surface area (TPSA) is 148 Å². The van der Waals surface area contributed by atoms with Crippen molar-refractivity contribution < 1.29 is 33.3 Å². The van der Waals surface area contributed by atoms with Gasteiger partial charge in [0.2, 0.25) is 22.3 Å². The summed E-state index contributed by atoms with van der Waals surface area (Å²) in [6.45, 7) is 5.65. The van der Waals surface area contributed by atoms with Gasteiger partial charge in [0.1, 0.15) is 6.04 Å². The Hall–Kier alpha value is -3.16. The van der Waals surface area contributed by atoms with Gasteiger partial charge in [0.05, 0.1) is 18.1 Å². The summed E-state index contributed by atoms with van der Waals surface area (Å²) in [5.41, 5.74) is 2.39. The van der Waals surface area contributed by atoms with E-state index in [-0.39, 0.29) is 42.5 Å². The third-order valence-electron chi connectivity index (χ3n) is 8.30. The second-order valence-electron chi connectivity index (χ2n) is 12.3. The molecule has 4 atom stereocenters. The molecule has 0 spiro atoms. The van der Waals surface area contributed by atoms with Gasteiger partial charge in [0.25, 0.3) is 0 Å². The summed E-state index contributed by atoms with van der Waals surface area (Å²) in [6, 6.07) is 23.5. The molecule has 0 aromatic heterocycles. The summed E-state index contributed by atoms with van der Waals surface area (Å²) in [7, 11) is -2.56. The zero-order chi connectivity index (χ0) is 34.4. The van der Waals surface area contributed by atoms with Gasteiger partial charge in [-0.1, -0.05) is 86.6 Å². The minimum atomic E-state index is -3.91. The number of aliphatic hydroxyl groups excluding tert-OH is 3. The summed E-state index contributed by atoms with van der Waals surface area (Å²) in [5, 5.41) is 36.1. The fourth-order valence-electron chi connectivity index (χ4n) is 5.62. The number of sulfonamides is 1. The zero-order valence-corrected chi connectivity index (χ0v) is 28.6. The Morgan fingerprint density at radius 1 is 0.851 bits per heavy atom. The number of hydrogen-bond acceptors (Lipinski definition) is 8. The van der Waals surface area contributed by atoms with Crippen LogP contribution in [0.3, 0.4) is 0 Å².